The molecule has 0 unspecified atom stereocenters. The lowest BCUT2D eigenvalue weighted by atomic mass is 10.1. The molecule has 0 saturated carbocycles. The van der Waals surface area contributed by atoms with Crippen LogP contribution in [-0.2, 0) is 11.2 Å². The normalized spacial score (nSPS) is 22.2. The summed E-state index contributed by atoms with van der Waals surface area (Å²) in [7, 11) is 0. The first-order valence-electron chi connectivity index (χ1n) is 7.70. The molecule has 1 aliphatic heterocycles. The van der Waals surface area contributed by atoms with E-state index in [1.54, 1.807) is 0 Å². The molecule has 1 fully saturated rings. The van der Waals surface area contributed by atoms with Gasteiger partial charge in [0.25, 0.3) is 0 Å². The molecule has 3 rings (SSSR count). The van der Waals surface area contributed by atoms with E-state index in [1.165, 1.54) is 6.33 Å². The van der Waals surface area contributed by atoms with Crippen LogP contribution >= 0.6 is 0 Å². The Balaban J connectivity index is 2.01. The zero-order valence-electron chi connectivity index (χ0n) is 12.5. The second kappa shape index (κ2) is 5.99. The number of hydrogen-bond acceptors (Lipinski definition) is 5. The van der Waals surface area contributed by atoms with E-state index in [0.29, 0.717) is 18.5 Å². The van der Waals surface area contributed by atoms with Crippen LogP contribution in [-0.4, -0.2) is 27.2 Å². The first-order valence-corrected chi connectivity index (χ1v) is 7.70. The van der Waals surface area contributed by atoms with Crippen molar-refractivity contribution in [1.82, 2.24) is 14.5 Å². The van der Waals surface area contributed by atoms with Crippen LogP contribution in [0.2, 0.25) is 0 Å². The summed E-state index contributed by atoms with van der Waals surface area (Å²) in [5.74, 6) is 0.538. The largest absolute Gasteiger partial charge is 0.383 e. The lowest BCUT2D eigenvalue weighted by Gasteiger charge is -2.14. The first-order chi connectivity index (χ1) is 10.2. The number of ether oxygens (including phenoxy) is 1. The zero-order chi connectivity index (χ0) is 14.8. The fourth-order valence-electron chi connectivity index (χ4n) is 3.08. The molecule has 0 aromatic carbocycles. The SMILES string of the molecule is CC[C@@H]1CC[C@H](n2cc(CCCN)c3c(N)ncnc32)O1. The minimum atomic E-state index is 0.0541. The van der Waals surface area contributed by atoms with Crippen molar-refractivity contribution in [1.29, 1.82) is 0 Å². The smallest absolute Gasteiger partial charge is 0.147 e. The van der Waals surface area contributed by atoms with Gasteiger partial charge in [-0.2, -0.15) is 0 Å². The Morgan fingerprint density at radius 1 is 1.38 bits per heavy atom. The van der Waals surface area contributed by atoms with Crippen molar-refractivity contribution in [2.24, 2.45) is 5.73 Å². The Bertz CT molecular complexity index is 624. The van der Waals surface area contributed by atoms with Crippen LogP contribution in [0.25, 0.3) is 11.0 Å². The Morgan fingerprint density at radius 3 is 2.95 bits per heavy atom. The molecule has 3 heterocycles. The van der Waals surface area contributed by atoms with Gasteiger partial charge in [0.15, 0.2) is 0 Å². The van der Waals surface area contributed by atoms with Crippen molar-refractivity contribution in [3.8, 4) is 0 Å². The van der Waals surface area contributed by atoms with Crippen LogP contribution in [0.5, 0.6) is 0 Å². The summed E-state index contributed by atoms with van der Waals surface area (Å²) in [5, 5.41) is 0.953. The molecule has 1 saturated heterocycles. The lowest BCUT2D eigenvalue weighted by molar-refractivity contribution is 0.00314. The summed E-state index contributed by atoms with van der Waals surface area (Å²) in [6.45, 7) is 2.83. The van der Waals surface area contributed by atoms with Crippen molar-refractivity contribution < 1.29 is 4.74 Å². The molecule has 0 radical (unpaired) electrons. The maximum atomic E-state index is 6.10. The zero-order valence-corrected chi connectivity index (χ0v) is 12.5. The molecule has 114 valence electrons. The average molecular weight is 289 g/mol. The molecule has 0 bridgehead atoms. The summed E-state index contributed by atoms with van der Waals surface area (Å²) in [5.41, 5.74) is 13.7. The third-order valence-electron chi connectivity index (χ3n) is 4.22. The van der Waals surface area contributed by atoms with Gasteiger partial charge in [-0.1, -0.05) is 6.92 Å². The van der Waals surface area contributed by atoms with Crippen molar-refractivity contribution in [3.63, 3.8) is 0 Å². The van der Waals surface area contributed by atoms with Crippen molar-refractivity contribution in [2.75, 3.05) is 12.3 Å². The van der Waals surface area contributed by atoms with Crippen LogP contribution in [0.15, 0.2) is 12.5 Å². The number of nitrogens with zero attached hydrogens (tertiary/aromatic N) is 3. The van der Waals surface area contributed by atoms with Crippen LogP contribution in [0.4, 0.5) is 5.82 Å². The molecular weight excluding hydrogens is 266 g/mol. The molecule has 2 aromatic rings. The van der Waals surface area contributed by atoms with E-state index in [-0.39, 0.29) is 6.23 Å². The molecular formula is C15H23N5O. The molecule has 1 aliphatic rings. The number of aromatic nitrogens is 3. The van der Waals surface area contributed by atoms with Crippen LogP contribution in [0.3, 0.4) is 0 Å². The number of nitrogens with two attached hydrogens (primary N) is 2. The van der Waals surface area contributed by atoms with E-state index in [2.05, 4.69) is 27.7 Å². The highest BCUT2D eigenvalue weighted by atomic mass is 16.5. The third-order valence-corrected chi connectivity index (χ3v) is 4.22. The summed E-state index contributed by atoms with van der Waals surface area (Å²) in [4.78, 5) is 8.56. The van der Waals surface area contributed by atoms with Crippen LogP contribution in [0, 0.1) is 0 Å². The Kier molecular flexibility index (Phi) is 4.07. The van der Waals surface area contributed by atoms with Gasteiger partial charge < -0.3 is 20.8 Å². The van der Waals surface area contributed by atoms with Gasteiger partial charge in [0, 0.05) is 6.20 Å². The number of fused-ring (bicyclic) bond motifs is 1. The highest BCUT2D eigenvalue weighted by Gasteiger charge is 2.27. The van der Waals surface area contributed by atoms with Gasteiger partial charge in [-0.3, -0.25) is 0 Å². The van der Waals surface area contributed by atoms with Crippen molar-refractivity contribution in [2.45, 2.75) is 51.4 Å². The number of hydrogen-bond donors (Lipinski definition) is 2. The second-order valence-corrected chi connectivity index (χ2v) is 5.61. The molecule has 0 amide bonds. The lowest BCUT2D eigenvalue weighted by Crippen LogP contribution is -2.10. The van der Waals surface area contributed by atoms with E-state index in [1.807, 2.05) is 0 Å². The maximum Gasteiger partial charge on any atom is 0.147 e. The highest BCUT2D eigenvalue weighted by molar-refractivity contribution is 5.89. The molecule has 6 nitrogen and oxygen atoms in total. The Morgan fingerprint density at radius 2 is 2.24 bits per heavy atom. The van der Waals surface area contributed by atoms with Gasteiger partial charge >= 0.3 is 0 Å². The van der Waals surface area contributed by atoms with E-state index >= 15 is 0 Å². The molecule has 2 aromatic heterocycles. The standard InChI is InChI=1S/C15H23N5O/c1-2-11-5-6-12(21-11)20-8-10(4-3-7-16)13-14(17)18-9-19-15(13)20/h8-9,11-12H,2-7,16H2,1H3,(H2,17,18,19)/t11-,12-/m1/s1. The predicted octanol–water partition coefficient (Wildman–Crippen LogP) is 1.99. The highest BCUT2D eigenvalue weighted by Crippen LogP contribution is 2.34. The number of aryl methyl sites for hydroxylation is 1. The van der Waals surface area contributed by atoms with Crippen LogP contribution in [0.1, 0.15) is 44.4 Å². The quantitative estimate of drug-likeness (QED) is 0.878. The minimum Gasteiger partial charge on any atom is -0.383 e. The fourth-order valence-corrected chi connectivity index (χ4v) is 3.08. The maximum absolute atomic E-state index is 6.10. The minimum absolute atomic E-state index is 0.0541. The number of rotatable bonds is 5. The third kappa shape index (κ3) is 2.61. The molecule has 2 atom stereocenters. The number of nitrogen functional groups attached to an aromatic ring is 1. The molecule has 6 heteroatoms. The number of anilines is 1. The molecule has 4 N–H and O–H groups in total. The van der Waals surface area contributed by atoms with Crippen LogP contribution < -0.4 is 11.5 Å². The first kappa shape index (κ1) is 14.3. The van der Waals surface area contributed by atoms with Crippen molar-refractivity contribution >= 4 is 16.9 Å². The monoisotopic (exact) mass is 289 g/mol. The summed E-state index contributed by atoms with van der Waals surface area (Å²) in [6, 6.07) is 0. The van der Waals surface area contributed by atoms with Gasteiger partial charge in [0.1, 0.15) is 24.0 Å². The van der Waals surface area contributed by atoms with Crippen molar-refractivity contribution in [3.05, 3.63) is 18.1 Å². The predicted molar refractivity (Wildman–Crippen MR) is 82.8 cm³/mol. The van der Waals surface area contributed by atoms with Gasteiger partial charge in [0.05, 0.1) is 11.5 Å². The van der Waals surface area contributed by atoms with Gasteiger partial charge in [0.2, 0.25) is 0 Å². The van der Waals surface area contributed by atoms with E-state index in [9.17, 15) is 0 Å². The molecule has 21 heavy (non-hydrogen) atoms. The van der Waals surface area contributed by atoms with Gasteiger partial charge in [-0.25, -0.2) is 9.97 Å². The molecule has 0 spiro atoms. The summed E-state index contributed by atoms with van der Waals surface area (Å²) >= 11 is 0. The van der Waals surface area contributed by atoms with E-state index in [4.69, 9.17) is 16.2 Å². The summed E-state index contributed by atoms with van der Waals surface area (Å²) < 4.78 is 8.22. The Labute approximate surface area is 124 Å². The van der Waals surface area contributed by atoms with Gasteiger partial charge in [-0.15, -0.1) is 0 Å². The Hall–Kier alpha value is -1.66. The van der Waals surface area contributed by atoms with E-state index in [0.717, 1.165) is 48.7 Å². The summed E-state index contributed by atoms with van der Waals surface area (Å²) in [6.07, 6.45) is 9.02. The molecule has 0 aliphatic carbocycles. The fraction of sp³-hybridized carbons (Fsp3) is 0.600. The van der Waals surface area contributed by atoms with E-state index < -0.39 is 0 Å². The average Bonchev–Trinajstić information content (AvgIpc) is 3.10. The van der Waals surface area contributed by atoms with Gasteiger partial charge in [-0.05, 0) is 44.2 Å². The topological polar surface area (TPSA) is 92.0 Å². The second-order valence-electron chi connectivity index (χ2n) is 5.61.